The van der Waals surface area contributed by atoms with Crippen LogP contribution in [0.2, 0.25) is 0 Å². The van der Waals surface area contributed by atoms with E-state index in [9.17, 15) is 18.3 Å². The summed E-state index contributed by atoms with van der Waals surface area (Å²) >= 11 is 0. The zero-order valence-corrected chi connectivity index (χ0v) is 8.62. The first-order valence-corrected chi connectivity index (χ1v) is 4.58. The molecule has 0 aromatic carbocycles. The highest BCUT2D eigenvalue weighted by Gasteiger charge is 2.60. The summed E-state index contributed by atoms with van der Waals surface area (Å²) in [4.78, 5) is 0. The molecule has 1 rings (SSSR count). The van der Waals surface area contributed by atoms with Crippen LogP contribution in [-0.2, 0) is 9.47 Å². The molecule has 1 aliphatic rings. The van der Waals surface area contributed by atoms with Gasteiger partial charge in [0.2, 0.25) is 0 Å². The van der Waals surface area contributed by atoms with Gasteiger partial charge in [-0.05, 0) is 12.5 Å². The third kappa shape index (κ3) is 2.73. The van der Waals surface area contributed by atoms with Crippen LogP contribution >= 0.6 is 0 Å². The van der Waals surface area contributed by atoms with Gasteiger partial charge >= 0.3 is 6.18 Å². The van der Waals surface area contributed by atoms with Crippen molar-refractivity contribution in [2.24, 2.45) is 0 Å². The van der Waals surface area contributed by atoms with Gasteiger partial charge in [0, 0.05) is 6.42 Å². The van der Waals surface area contributed by atoms with Gasteiger partial charge in [-0.3, -0.25) is 0 Å². The number of ether oxygens (including phenoxy) is 2. The lowest BCUT2D eigenvalue weighted by Gasteiger charge is -2.24. The van der Waals surface area contributed by atoms with Crippen LogP contribution in [0, 0.1) is 0 Å². The Morgan fingerprint density at radius 3 is 2.56 bits per heavy atom. The van der Waals surface area contributed by atoms with Crippen LogP contribution in [0.15, 0.2) is 12.2 Å². The lowest BCUT2D eigenvalue weighted by atomic mass is 10.1. The maximum atomic E-state index is 12.3. The fraction of sp³-hybridized carbons (Fsp3) is 0.778. The molecule has 4 nitrogen and oxygen atoms in total. The van der Waals surface area contributed by atoms with Gasteiger partial charge in [0.1, 0.15) is 0 Å². The molecule has 0 aliphatic carbocycles. The maximum absolute atomic E-state index is 12.3. The molecule has 7 heteroatoms. The summed E-state index contributed by atoms with van der Waals surface area (Å²) in [5.41, 5.74) is 0.266. The number of aliphatic hydroxyl groups excluding tert-OH is 1. The van der Waals surface area contributed by atoms with Gasteiger partial charge in [0.15, 0.2) is 6.29 Å². The predicted octanol–water partition coefficient (Wildman–Crippen LogP) is 0.937. The fourth-order valence-electron chi connectivity index (χ4n) is 1.24. The molecule has 0 bridgehead atoms. The molecule has 0 spiro atoms. The molecule has 1 aliphatic heterocycles. The van der Waals surface area contributed by atoms with Crippen molar-refractivity contribution < 1.29 is 32.9 Å². The first-order chi connectivity index (χ1) is 7.16. The number of hydrogen-bond donors (Lipinski definition) is 2. The lowest BCUT2D eigenvalue weighted by molar-refractivity contribution is -0.349. The molecule has 0 radical (unpaired) electrons. The monoisotopic (exact) mass is 242 g/mol. The standard InChI is InChI=1S/C9H13F3O4/c1-5(2)7(13)16-6-3-8(14,15-4-6)9(10,11)12/h6-7,13-14H,1,3-4H2,2H3. The van der Waals surface area contributed by atoms with Gasteiger partial charge in [0.25, 0.3) is 5.79 Å². The summed E-state index contributed by atoms with van der Waals surface area (Å²) in [5, 5.41) is 18.3. The number of rotatable bonds is 3. The summed E-state index contributed by atoms with van der Waals surface area (Å²) in [7, 11) is 0. The summed E-state index contributed by atoms with van der Waals surface area (Å²) in [6.45, 7) is 4.42. The number of alkyl halides is 3. The van der Waals surface area contributed by atoms with Crippen molar-refractivity contribution in [2.45, 2.75) is 37.7 Å². The highest BCUT2D eigenvalue weighted by Crippen LogP contribution is 2.39. The van der Waals surface area contributed by atoms with Crippen LogP contribution in [-0.4, -0.2) is 41.2 Å². The average molecular weight is 242 g/mol. The smallest absolute Gasteiger partial charge is 0.364 e. The third-order valence-corrected chi connectivity index (χ3v) is 2.20. The Bertz CT molecular complexity index is 278. The van der Waals surface area contributed by atoms with Gasteiger partial charge in [0.05, 0.1) is 12.7 Å². The third-order valence-electron chi connectivity index (χ3n) is 2.20. The SMILES string of the molecule is C=C(C)C(O)OC1COC(O)(C(F)(F)F)C1. The Kier molecular flexibility index (Phi) is 3.63. The zero-order valence-electron chi connectivity index (χ0n) is 8.62. The predicted molar refractivity (Wildman–Crippen MR) is 47.3 cm³/mol. The Morgan fingerprint density at radius 2 is 2.19 bits per heavy atom. The number of halogens is 3. The van der Waals surface area contributed by atoms with Crippen molar-refractivity contribution in [3.05, 3.63) is 12.2 Å². The molecule has 3 atom stereocenters. The summed E-state index contributed by atoms with van der Waals surface area (Å²) < 4.78 is 46.0. The second kappa shape index (κ2) is 4.33. The van der Waals surface area contributed by atoms with Crippen molar-refractivity contribution in [3.8, 4) is 0 Å². The molecule has 1 saturated heterocycles. The Labute approximate surface area is 90.3 Å². The minimum Gasteiger partial charge on any atom is -0.364 e. The Morgan fingerprint density at radius 1 is 1.62 bits per heavy atom. The lowest BCUT2D eigenvalue weighted by Crippen LogP contribution is -2.44. The molecule has 3 unspecified atom stereocenters. The summed E-state index contributed by atoms with van der Waals surface area (Å²) in [6, 6.07) is 0. The summed E-state index contributed by atoms with van der Waals surface area (Å²) in [6.07, 6.45) is -8.01. The van der Waals surface area contributed by atoms with Crippen molar-refractivity contribution in [1.82, 2.24) is 0 Å². The highest BCUT2D eigenvalue weighted by atomic mass is 19.4. The first-order valence-electron chi connectivity index (χ1n) is 4.58. The largest absolute Gasteiger partial charge is 0.443 e. The van der Waals surface area contributed by atoms with Crippen LogP contribution < -0.4 is 0 Å². The van der Waals surface area contributed by atoms with Gasteiger partial charge in [-0.15, -0.1) is 0 Å². The summed E-state index contributed by atoms with van der Waals surface area (Å²) in [5.74, 6) is -3.19. The van der Waals surface area contributed by atoms with E-state index in [1.54, 1.807) is 0 Å². The van der Waals surface area contributed by atoms with E-state index in [-0.39, 0.29) is 5.57 Å². The molecule has 94 valence electrons. The zero-order chi connectivity index (χ0) is 12.6. The molecule has 16 heavy (non-hydrogen) atoms. The second-order valence-corrected chi connectivity index (χ2v) is 3.75. The van der Waals surface area contributed by atoms with Gasteiger partial charge in [-0.2, -0.15) is 13.2 Å². The molecule has 1 heterocycles. The van der Waals surface area contributed by atoms with E-state index in [4.69, 9.17) is 9.84 Å². The molecule has 2 N–H and O–H groups in total. The van der Waals surface area contributed by atoms with E-state index in [2.05, 4.69) is 11.3 Å². The highest BCUT2D eigenvalue weighted by molar-refractivity contribution is 4.94. The number of aliphatic hydroxyl groups is 2. The molecule has 1 fully saturated rings. The van der Waals surface area contributed by atoms with Crippen LogP contribution in [0.5, 0.6) is 0 Å². The Balaban J connectivity index is 2.56. The molecule has 0 saturated carbocycles. The topological polar surface area (TPSA) is 58.9 Å². The minimum atomic E-state index is -4.88. The molecular weight excluding hydrogens is 229 g/mol. The van der Waals surface area contributed by atoms with E-state index in [1.807, 2.05) is 0 Å². The quantitative estimate of drug-likeness (QED) is 0.571. The van der Waals surface area contributed by atoms with E-state index < -0.39 is 37.4 Å². The van der Waals surface area contributed by atoms with Crippen LogP contribution in [0.3, 0.4) is 0 Å². The average Bonchev–Trinajstić information content (AvgIpc) is 2.47. The van der Waals surface area contributed by atoms with Crippen LogP contribution in [0.4, 0.5) is 13.2 Å². The van der Waals surface area contributed by atoms with E-state index >= 15 is 0 Å². The molecular formula is C9H13F3O4. The molecule has 0 aromatic heterocycles. The van der Waals surface area contributed by atoms with E-state index in [1.165, 1.54) is 6.92 Å². The van der Waals surface area contributed by atoms with Crippen LogP contribution in [0.1, 0.15) is 13.3 Å². The van der Waals surface area contributed by atoms with Gasteiger partial charge in [-0.1, -0.05) is 6.58 Å². The second-order valence-electron chi connectivity index (χ2n) is 3.75. The van der Waals surface area contributed by atoms with Gasteiger partial charge < -0.3 is 19.7 Å². The van der Waals surface area contributed by atoms with Crippen molar-refractivity contribution in [3.63, 3.8) is 0 Å². The van der Waals surface area contributed by atoms with Crippen molar-refractivity contribution in [1.29, 1.82) is 0 Å². The normalized spacial score (nSPS) is 32.8. The van der Waals surface area contributed by atoms with Gasteiger partial charge in [-0.25, -0.2) is 0 Å². The fourth-order valence-corrected chi connectivity index (χ4v) is 1.24. The number of hydrogen-bond acceptors (Lipinski definition) is 4. The maximum Gasteiger partial charge on any atom is 0.443 e. The first kappa shape index (κ1) is 13.4. The van der Waals surface area contributed by atoms with E-state index in [0.29, 0.717) is 0 Å². The minimum absolute atomic E-state index is 0.266. The van der Waals surface area contributed by atoms with Crippen molar-refractivity contribution >= 4 is 0 Å². The van der Waals surface area contributed by atoms with Crippen molar-refractivity contribution in [2.75, 3.05) is 6.61 Å². The molecule has 0 aromatic rings. The Hall–Kier alpha value is -0.630. The van der Waals surface area contributed by atoms with E-state index in [0.717, 1.165) is 0 Å². The van der Waals surface area contributed by atoms with Crippen LogP contribution in [0.25, 0.3) is 0 Å². The molecule has 0 amide bonds.